The van der Waals surface area contributed by atoms with Gasteiger partial charge in [0, 0.05) is 11.7 Å². The van der Waals surface area contributed by atoms with Crippen LogP contribution in [0.1, 0.15) is 31.7 Å². The Hall–Kier alpha value is -2.17. The Morgan fingerprint density at radius 3 is 2.50 bits per heavy atom. The number of aromatic nitrogens is 2. The maximum Gasteiger partial charge on any atom is 0.319 e. The molecule has 0 aliphatic heterocycles. The molecule has 5 nitrogen and oxygen atoms in total. The maximum absolute atomic E-state index is 11.8. The first-order valence-corrected chi connectivity index (χ1v) is 6.82. The summed E-state index contributed by atoms with van der Waals surface area (Å²) in [7, 11) is 0. The molecule has 0 aliphatic carbocycles. The third-order valence-electron chi connectivity index (χ3n) is 3.32. The number of urea groups is 1. The van der Waals surface area contributed by atoms with Crippen molar-refractivity contribution >= 4 is 22.8 Å². The molecule has 1 heterocycles. The van der Waals surface area contributed by atoms with Crippen LogP contribution in [0.4, 0.5) is 10.5 Å². The molecule has 20 heavy (non-hydrogen) atoms. The molecule has 2 aromatic rings. The molecule has 1 atom stereocenters. The zero-order valence-corrected chi connectivity index (χ0v) is 12.3. The highest BCUT2D eigenvalue weighted by atomic mass is 16.2. The van der Waals surface area contributed by atoms with Crippen molar-refractivity contribution in [3.05, 3.63) is 29.6 Å². The van der Waals surface area contributed by atoms with Gasteiger partial charge in [-0.25, -0.2) is 14.8 Å². The van der Waals surface area contributed by atoms with Gasteiger partial charge in [-0.3, -0.25) is 0 Å². The summed E-state index contributed by atoms with van der Waals surface area (Å²) in [6, 6.07) is 5.50. The van der Waals surface area contributed by atoms with E-state index in [4.69, 9.17) is 0 Å². The highest BCUT2D eigenvalue weighted by Gasteiger charge is 2.07. The first kappa shape index (κ1) is 14.2. The zero-order valence-electron chi connectivity index (χ0n) is 12.3. The molecular weight excluding hydrogens is 252 g/mol. The highest BCUT2D eigenvalue weighted by molar-refractivity contribution is 5.91. The predicted octanol–water partition coefficient (Wildman–Crippen LogP) is 3.17. The van der Waals surface area contributed by atoms with Gasteiger partial charge < -0.3 is 10.6 Å². The van der Waals surface area contributed by atoms with Gasteiger partial charge in [0.25, 0.3) is 0 Å². The Morgan fingerprint density at radius 1 is 1.20 bits per heavy atom. The molecule has 5 heteroatoms. The van der Waals surface area contributed by atoms with Gasteiger partial charge >= 0.3 is 6.03 Å². The fraction of sp³-hybridized carbons (Fsp3) is 0.400. The number of hydrogen-bond donors (Lipinski definition) is 2. The van der Waals surface area contributed by atoms with E-state index in [9.17, 15) is 4.79 Å². The number of carbonyl (C=O) groups is 1. The molecule has 0 saturated carbocycles. The lowest BCUT2D eigenvalue weighted by Crippen LogP contribution is -2.35. The van der Waals surface area contributed by atoms with Gasteiger partial charge in [0.1, 0.15) is 0 Å². The quantitative estimate of drug-likeness (QED) is 0.901. The van der Waals surface area contributed by atoms with Crippen molar-refractivity contribution in [2.75, 3.05) is 5.32 Å². The minimum Gasteiger partial charge on any atom is -0.335 e. The van der Waals surface area contributed by atoms with Crippen LogP contribution in [0.3, 0.4) is 0 Å². The van der Waals surface area contributed by atoms with Gasteiger partial charge in [-0.1, -0.05) is 6.92 Å². The third-order valence-corrected chi connectivity index (χ3v) is 3.32. The Labute approximate surface area is 118 Å². The topological polar surface area (TPSA) is 66.9 Å². The molecule has 0 aliphatic rings. The third kappa shape index (κ3) is 3.23. The van der Waals surface area contributed by atoms with Crippen molar-refractivity contribution < 1.29 is 4.79 Å². The lowest BCUT2D eigenvalue weighted by molar-refractivity contribution is 0.249. The smallest absolute Gasteiger partial charge is 0.319 e. The van der Waals surface area contributed by atoms with Gasteiger partial charge in [0.15, 0.2) is 0 Å². The highest BCUT2D eigenvalue weighted by Crippen LogP contribution is 2.17. The normalized spacial score (nSPS) is 12.2. The molecule has 2 amide bonds. The van der Waals surface area contributed by atoms with E-state index in [1.807, 2.05) is 45.9 Å². The Kier molecular flexibility index (Phi) is 4.17. The molecule has 0 fully saturated rings. The summed E-state index contributed by atoms with van der Waals surface area (Å²) in [5, 5.41) is 5.68. The lowest BCUT2D eigenvalue weighted by atomic mass is 10.2. The molecule has 0 saturated heterocycles. The van der Waals surface area contributed by atoms with E-state index in [2.05, 4.69) is 20.6 Å². The SMILES string of the molecule is CCC(C)NC(=O)Nc1ccc2nc(C)c(C)nc2c1. The largest absolute Gasteiger partial charge is 0.335 e. The van der Waals surface area contributed by atoms with Crippen LogP contribution in [0.5, 0.6) is 0 Å². The monoisotopic (exact) mass is 272 g/mol. The second-order valence-electron chi connectivity index (χ2n) is 5.01. The molecule has 0 radical (unpaired) electrons. The Balaban J connectivity index is 2.19. The van der Waals surface area contributed by atoms with E-state index >= 15 is 0 Å². The van der Waals surface area contributed by atoms with Crippen molar-refractivity contribution in [1.29, 1.82) is 0 Å². The van der Waals surface area contributed by atoms with Gasteiger partial charge in [-0.2, -0.15) is 0 Å². The van der Waals surface area contributed by atoms with Crippen LogP contribution in [0.25, 0.3) is 11.0 Å². The van der Waals surface area contributed by atoms with Gasteiger partial charge in [-0.15, -0.1) is 0 Å². The molecule has 0 spiro atoms. The molecular formula is C15H20N4O. The summed E-state index contributed by atoms with van der Waals surface area (Å²) in [4.78, 5) is 20.7. The Morgan fingerprint density at radius 2 is 1.85 bits per heavy atom. The average molecular weight is 272 g/mol. The predicted molar refractivity (Wildman–Crippen MR) is 80.9 cm³/mol. The second kappa shape index (κ2) is 5.86. The number of nitrogens with zero attached hydrogens (tertiary/aromatic N) is 2. The van der Waals surface area contributed by atoms with Gasteiger partial charge in [-0.05, 0) is 45.4 Å². The van der Waals surface area contributed by atoms with E-state index in [0.29, 0.717) is 0 Å². The standard InChI is InChI=1S/C15H20N4O/c1-5-9(2)16-15(20)19-12-6-7-13-14(8-12)18-11(4)10(3)17-13/h6-9H,5H2,1-4H3,(H2,16,19,20). The molecule has 1 unspecified atom stereocenters. The minimum absolute atomic E-state index is 0.153. The van der Waals surface area contributed by atoms with Crippen molar-refractivity contribution in [3.8, 4) is 0 Å². The number of rotatable bonds is 3. The average Bonchev–Trinajstić information content (AvgIpc) is 2.40. The molecule has 1 aromatic heterocycles. The number of amides is 2. The van der Waals surface area contributed by atoms with E-state index in [1.54, 1.807) is 0 Å². The molecule has 0 bridgehead atoms. The van der Waals surface area contributed by atoms with Crippen molar-refractivity contribution in [2.24, 2.45) is 0 Å². The maximum atomic E-state index is 11.8. The first-order chi connectivity index (χ1) is 9.49. The summed E-state index contributed by atoms with van der Waals surface area (Å²) < 4.78 is 0. The fourth-order valence-corrected chi connectivity index (χ4v) is 1.80. The number of benzene rings is 1. The zero-order chi connectivity index (χ0) is 14.7. The number of carbonyl (C=O) groups excluding carboxylic acids is 1. The fourth-order valence-electron chi connectivity index (χ4n) is 1.80. The summed E-state index contributed by atoms with van der Waals surface area (Å²) >= 11 is 0. The number of nitrogens with one attached hydrogen (secondary N) is 2. The number of anilines is 1. The van der Waals surface area contributed by atoms with Crippen LogP contribution >= 0.6 is 0 Å². The van der Waals surface area contributed by atoms with Crippen molar-refractivity contribution in [3.63, 3.8) is 0 Å². The lowest BCUT2D eigenvalue weighted by Gasteiger charge is -2.12. The van der Waals surface area contributed by atoms with E-state index in [1.165, 1.54) is 0 Å². The Bertz CT molecular complexity index is 639. The van der Waals surface area contributed by atoms with E-state index < -0.39 is 0 Å². The van der Waals surface area contributed by atoms with Crippen LogP contribution in [0.15, 0.2) is 18.2 Å². The molecule has 1 aromatic carbocycles. The van der Waals surface area contributed by atoms with Crippen LogP contribution < -0.4 is 10.6 Å². The summed E-state index contributed by atoms with van der Waals surface area (Å²) in [5.74, 6) is 0. The number of aryl methyl sites for hydroxylation is 2. The molecule has 2 rings (SSSR count). The van der Waals surface area contributed by atoms with E-state index in [-0.39, 0.29) is 12.1 Å². The van der Waals surface area contributed by atoms with E-state index in [0.717, 1.165) is 34.5 Å². The van der Waals surface area contributed by atoms with Crippen LogP contribution in [0, 0.1) is 13.8 Å². The van der Waals surface area contributed by atoms with Crippen LogP contribution in [-0.2, 0) is 0 Å². The number of hydrogen-bond acceptors (Lipinski definition) is 3. The van der Waals surface area contributed by atoms with Crippen molar-refractivity contribution in [2.45, 2.75) is 40.2 Å². The van der Waals surface area contributed by atoms with Crippen molar-refractivity contribution in [1.82, 2.24) is 15.3 Å². The molecule has 106 valence electrons. The summed E-state index contributed by atoms with van der Waals surface area (Å²) in [6.45, 7) is 7.87. The molecule has 2 N–H and O–H groups in total. The minimum atomic E-state index is -0.199. The van der Waals surface area contributed by atoms with Crippen LogP contribution in [0.2, 0.25) is 0 Å². The van der Waals surface area contributed by atoms with Gasteiger partial charge in [0.05, 0.1) is 22.4 Å². The number of fused-ring (bicyclic) bond motifs is 1. The van der Waals surface area contributed by atoms with Gasteiger partial charge in [0.2, 0.25) is 0 Å². The summed E-state index contributed by atoms with van der Waals surface area (Å²) in [6.07, 6.45) is 0.898. The first-order valence-electron chi connectivity index (χ1n) is 6.82. The van der Waals surface area contributed by atoms with Crippen LogP contribution in [-0.4, -0.2) is 22.0 Å². The second-order valence-corrected chi connectivity index (χ2v) is 5.01. The summed E-state index contributed by atoms with van der Waals surface area (Å²) in [5.41, 5.74) is 4.16.